The molecule has 0 heterocycles. The molecule has 1 unspecified atom stereocenters. The molecule has 4 nitrogen and oxygen atoms in total. The number of benzene rings is 3. The van der Waals surface area contributed by atoms with Crippen molar-refractivity contribution in [3.63, 3.8) is 0 Å². The van der Waals surface area contributed by atoms with Gasteiger partial charge in [0.1, 0.15) is 0 Å². The standard InChI is InChI=1S/C26H26O4Si/c1-4-24(29-25(27)20(2)3)26(28)30-31(21-14-8-5-9-15-21,22-16-10-6-11-17-22)23-18-12-7-13-19-23/h5-19,24H,2,4H2,1,3H3. The van der Waals surface area contributed by atoms with E-state index in [4.69, 9.17) is 9.16 Å². The molecule has 5 heteroatoms. The molecule has 158 valence electrons. The Labute approximate surface area is 184 Å². The molecule has 0 N–H and O–H groups in total. The van der Waals surface area contributed by atoms with Crippen LogP contribution in [-0.4, -0.2) is 26.4 Å². The van der Waals surface area contributed by atoms with E-state index in [1.54, 1.807) is 13.8 Å². The van der Waals surface area contributed by atoms with Gasteiger partial charge in [0, 0.05) is 5.57 Å². The zero-order valence-corrected chi connectivity index (χ0v) is 18.8. The van der Waals surface area contributed by atoms with Gasteiger partial charge in [0.15, 0.2) is 6.10 Å². The van der Waals surface area contributed by atoms with E-state index >= 15 is 0 Å². The minimum Gasteiger partial charge on any atom is -0.503 e. The number of hydrogen-bond acceptors (Lipinski definition) is 4. The zero-order valence-electron chi connectivity index (χ0n) is 17.8. The molecule has 0 amide bonds. The first kappa shape index (κ1) is 22.2. The van der Waals surface area contributed by atoms with Gasteiger partial charge in [0.2, 0.25) is 0 Å². The van der Waals surface area contributed by atoms with Crippen LogP contribution in [0.15, 0.2) is 103 Å². The van der Waals surface area contributed by atoms with Crippen molar-refractivity contribution in [2.75, 3.05) is 0 Å². The molecule has 0 aliphatic heterocycles. The molecule has 0 saturated heterocycles. The van der Waals surface area contributed by atoms with Crippen LogP contribution in [0.5, 0.6) is 0 Å². The van der Waals surface area contributed by atoms with E-state index < -0.39 is 26.4 Å². The van der Waals surface area contributed by atoms with Crippen molar-refractivity contribution < 1.29 is 18.8 Å². The van der Waals surface area contributed by atoms with Gasteiger partial charge in [-0.3, -0.25) is 0 Å². The Morgan fingerprint density at radius 3 is 1.52 bits per heavy atom. The summed E-state index contributed by atoms with van der Waals surface area (Å²) in [6.07, 6.45) is -0.701. The van der Waals surface area contributed by atoms with E-state index in [-0.39, 0.29) is 5.57 Å². The van der Waals surface area contributed by atoms with Crippen molar-refractivity contribution in [2.45, 2.75) is 26.4 Å². The molecule has 0 radical (unpaired) electrons. The Kier molecular flexibility index (Phi) is 7.21. The lowest BCUT2D eigenvalue weighted by Gasteiger charge is -2.33. The summed E-state index contributed by atoms with van der Waals surface area (Å²) in [5.41, 5.74) is 0.240. The molecule has 0 bridgehead atoms. The number of ether oxygens (including phenoxy) is 1. The summed E-state index contributed by atoms with van der Waals surface area (Å²) in [5.74, 6) is -1.16. The maximum Gasteiger partial charge on any atom is 0.350 e. The summed E-state index contributed by atoms with van der Waals surface area (Å²) in [5, 5.41) is 2.80. The van der Waals surface area contributed by atoms with Gasteiger partial charge in [-0.05, 0) is 28.9 Å². The number of carbonyl (C=O) groups excluding carboxylic acids is 2. The Morgan fingerprint density at radius 1 is 0.806 bits per heavy atom. The molecular formula is C26H26O4Si. The fourth-order valence-corrected chi connectivity index (χ4v) is 7.21. The van der Waals surface area contributed by atoms with Gasteiger partial charge >= 0.3 is 20.3 Å². The lowest BCUT2D eigenvalue weighted by molar-refractivity contribution is -0.159. The fraction of sp³-hybridized carbons (Fsp3) is 0.154. The van der Waals surface area contributed by atoms with Gasteiger partial charge in [-0.1, -0.05) is 104 Å². The molecule has 3 aromatic carbocycles. The third-order valence-electron chi connectivity index (χ3n) is 5.03. The molecule has 31 heavy (non-hydrogen) atoms. The van der Waals surface area contributed by atoms with Gasteiger partial charge in [-0.15, -0.1) is 0 Å². The molecule has 0 aromatic heterocycles. The predicted octanol–water partition coefficient (Wildman–Crippen LogP) is 3.09. The molecular weight excluding hydrogens is 404 g/mol. The van der Waals surface area contributed by atoms with Crippen LogP contribution in [0.3, 0.4) is 0 Å². The second kappa shape index (κ2) is 10.0. The summed E-state index contributed by atoms with van der Waals surface area (Å²) in [7, 11) is -3.21. The number of hydrogen-bond donors (Lipinski definition) is 0. The van der Waals surface area contributed by atoms with E-state index in [1.807, 2.05) is 91.0 Å². The van der Waals surface area contributed by atoms with Gasteiger partial charge in [-0.2, -0.15) is 0 Å². The minimum absolute atomic E-state index is 0.240. The summed E-state index contributed by atoms with van der Waals surface area (Å²) in [4.78, 5) is 25.4. The van der Waals surface area contributed by atoms with Crippen molar-refractivity contribution >= 4 is 35.8 Å². The minimum atomic E-state index is -3.21. The Balaban J connectivity index is 2.15. The third kappa shape index (κ3) is 4.83. The summed E-state index contributed by atoms with van der Waals surface area (Å²) in [6.45, 7) is 6.94. The monoisotopic (exact) mass is 430 g/mol. The van der Waals surface area contributed by atoms with Crippen LogP contribution in [-0.2, 0) is 18.8 Å². The molecule has 0 fully saturated rings. The molecule has 0 aliphatic carbocycles. The molecule has 0 spiro atoms. The van der Waals surface area contributed by atoms with Gasteiger partial charge in [0.05, 0.1) is 0 Å². The fourth-order valence-electron chi connectivity index (χ4n) is 3.44. The van der Waals surface area contributed by atoms with E-state index in [0.29, 0.717) is 6.42 Å². The SMILES string of the molecule is C=C(C)C(=O)OC(CC)C(=O)O[Si](c1ccccc1)(c1ccccc1)c1ccccc1. The molecule has 3 aromatic rings. The first-order chi connectivity index (χ1) is 15.0. The smallest absolute Gasteiger partial charge is 0.350 e. The average Bonchev–Trinajstić information content (AvgIpc) is 2.82. The second-order valence-corrected chi connectivity index (χ2v) is 10.6. The van der Waals surface area contributed by atoms with Crippen molar-refractivity contribution in [3.8, 4) is 0 Å². The zero-order chi connectivity index (χ0) is 22.3. The Bertz CT molecular complexity index is 936. The van der Waals surface area contributed by atoms with Crippen LogP contribution >= 0.6 is 0 Å². The molecule has 3 rings (SSSR count). The first-order valence-corrected chi connectivity index (χ1v) is 12.2. The topological polar surface area (TPSA) is 52.6 Å². The molecule has 0 saturated carbocycles. The highest BCUT2D eigenvalue weighted by atomic mass is 28.4. The predicted molar refractivity (Wildman–Crippen MR) is 125 cm³/mol. The molecule has 1 atom stereocenters. The maximum absolute atomic E-state index is 13.4. The van der Waals surface area contributed by atoms with Crippen molar-refractivity contribution in [3.05, 3.63) is 103 Å². The lowest BCUT2D eigenvalue weighted by Crippen LogP contribution is -2.70. The van der Waals surface area contributed by atoms with Gasteiger partial charge < -0.3 is 9.16 Å². The largest absolute Gasteiger partial charge is 0.503 e. The number of carbonyl (C=O) groups is 2. The van der Waals surface area contributed by atoms with Crippen LogP contribution in [0.25, 0.3) is 0 Å². The average molecular weight is 431 g/mol. The van der Waals surface area contributed by atoms with Crippen molar-refractivity contribution in [1.29, 1.82) is 0 Å². The Morgan fingerprint density at radius 2 is 1.19 bits per heavy atom. The van der Waals surface area contributed by atoms with Crippen LogP contribution in [0.2, 0.25) is 0 Å². The summed E-state index contributed by atoms with van der Waals surface area (Å²) in [6, 6.07) is 29.4. The molecule has 0 aliphatic rings. The highest BCUT2D eigenvalue weighted by molar-refractivity contribution is 7.07. The van der Waals surface area contributed by atoms with Crippen LogP contribution < -0.4 is 15.6 Å². The van der Waals surface area contributed by atoms with E-state index in [9.17, 15) is 9.59 Å². The van der Waals surface area contributed by atoms with Crippen LogP contribution in [0.4, 0.5) is 0 Å². The lowest BCUT2D eigenvalue weighted by atomic mass is 10.3. The highest BCUT2D eigenvalue weighted by Crippen LogP contribution is 2.14. The maximum atomic E-state index is 13.4. The van der Waals surface area contributed by atoms with Gasteiger partial charge in [-0.25, -0.2) is 9.59 Å². The number of esters is 1. The number of rotatable bonds is 8. The third-order valence-corrected chi connectivity index (χ3v) is 8.97. The normalized spacial score (nSPS) is 11.9. The second-order valence-electron chi connectivity index (χ2n) is 7.28. The van der Waals surface area contributed by atoms with E-state index in [0.717, 1.165) is 15.6 Å². The van der Waals surface area contributed by atoms with Gasteiger partial charge in [0.25, 0.3) is 0 Å². The van der Waals surface area contributed by atoms with Crippen molar-refractivity contribution in [1.82, 2.24) is 0 Å². The van der Waals surface area contributed by atoms with E-state index in [1.165, 1.54) is 0 Å². The summed E-state index contributed by atoms with van der Waals surface area (Å²) >= 11 is 0. The van der Waals surface area contributed by atoms with E-state index in [2.05, 4.69) is 6.58 Å². The summed E-state index contributed by atoms with van der Waals surface area (Å²) < 4.78 is 11.8. The van der Waals surface area contributed by atoms with Crippen LogP contribution in [0, 0.1) is 0 Å². The first-order valence-electron chi connectivity index (χ1n) is 10.2. The highest BCUT2D eigenvalue weighted by Gasteiger charge is 2.46. The van der Waals surface area contributed by atoms with Crippen LogP contribution in [0.1, 0.15) is 20.3 Å². The van der Waals surface area contributed by atoms with Crippen molar-refractivity contribution in [2.24, 2.45) is 0 Å². The quantitative estimate of drug-likeness (QED) is 0.239. The Hall–Kier alpha value is -3.44.